The molecule has 4 heteroatoms. The number of hydrogen-bond donors (Lipinski definition) is 1. The van der Waals surface area contributed by atoms with Crippen LogP contribution in [0.3, 0.4) is 0 Å². The number of aliphatic carboxylic acids is 1. The highest BCUT2D eigenvalue weighted by Crippen LogP contribution is 2.56. The highest BCUT2D eigenvalue weighted by atomic mass is 16.4. The van der Waals surface area contributed by atoms with Crippen LogP contribution in [0.5, 0.6) is 0 Å². The maximum absolute atomic E-state index is 12.3. The van der Waals surface area contributed by atoms with Crippen LogP contribution in [0.15, 0.2) is 18.2 Å². The zero-order valence-corrected chi connectivity index (χ0v) is 11.3. The number of amides is 1. The molecule has 3 aliphatic rings. The predicted octanol–water partition coefficient (Wildman–Crippen LogP) is 2.09. The summed E-state index contributed by atoms with van der Waals surface area (Å²) in [6.45, 7) is 3.74. The van der Waals surface area contributed by atoms with Crippen molar-refractivity contribution in [2.24, 2.45) is 5.41 Å². The number of likely N-dealkylation sites (N-methyl/N-ethyl adjacent to an activating group) is 1. The van der Waals surface area contributed by atoms with E-state index >= 15 is 0 Å². The number of fused-ring (bicyclic) bond motifs is 2. The minimum Gasteiger partial charge on any atom is -0.481 e. The molecule has 0 spiro atoms. The first-order valence-electron chi connectivity index (χ1n) is 6.47. The third-order valence-electron chi connectivity index (χ3n) is 4.67. The molecule has 1 amide bonds. The molecule has 1 fully saturated rings. The Bertz CT molecular complexity index is 595. The van der Waals surface area contributed by atoms with Crippen LogP contribution < -0.4 is 0 Å². The number of aryl methyl sites for hydroxylation is 1. The lowest BCUT2D eigenvalue weighted by atomic mass is 9.60. The van der Waals surface area contributed by atoms with E-state index in [2.05, 4.69) is 0 Å². The first kappa shape index (κ1) is 12.2. The Morgan fingerprint density at radius 1 is 1.42 bits per heavy atom. The molecule has 2 aliphatic heterocycles. The van der Waals surface area contributed by atoms with Crippen LogP contribution in [0.1, 0.15) is 42.0 Å². The minimum atomic E-state index is -0.893. The second kappa shape index (κ2) is 3.59. The van der Waals surface area contributed by atoms with Crippen molar-refractivity contribution in [2.75, 3.05) is 7.05 Å². The normalized spacial score (nSPS) is 32.4. The molecule has 2 heterocycles. The second-order valence-corrected chi connectivity index (χ2v) is 5.96. The lowest BCUT2D eigenvalue weighted by Gasteiger charge is -2.52. The summed E-state index contributed by atoms with van der Waals surface area (Å²) >= 11 is 0. The smallest absolute Gasteiger partial charge is 0.311 e. The number of nitrogens with zero attached hydrogens (tertiary/aromatic N) is 1. The summed E-state index contributed by atoms with van der Waals surface area (Å²) in [6, 6.07) is 5.63. The van der Waals surface area contributed by atoms with Crippen LogP contribution in [-0.4, -0.2) is 28.9 Å². The Kier molecular flexibility index (Phi) is 2.31. The minimum absolute atomic E-state index is 0.0434. The SMILES string of the molecule is Cc1ccc2c(c1)C1CC(C)(C(=O)O)C2N(C)C1=O. The summed E-state index contributed by atoms with van der Waals surface area (Å²) in [5, 5.41) is 9.57. The first-order chi connectivity index (χ1) is 8.86. The van der Waals surface area contributed by atoms with Crippen LogP contribution in [0.25, 0.3) is 0 Å². The first-order valence-corrected chi connectivity index (χ1v) is 6.47. The van der Waals surface area contributed by atoms with Gasteiger partial charge < -0.3 is 10.0 Å². The summed E-state index contributed by atoms with van der Waals surface area (Å²) in [4.78, 5) is 25.6. The van der Waals surface area contributed by atoms with Gasteiger partial charge in [-0.05, 0) is 31.4 Å². The molecule has 1 N–H and O–H groups in total. The number of piperidine rings is 1. The van der Waals surface area contributed by atoms with Crippen molar-refractivity contribution in [3.63, 3.8) is 0 Å². The Hall–Kier alpha value is -1.84. The van der Waals surface area contributed by atoms with Crippen LogP contribution in [0.2, 0.25) is 0 Å². The zero-order chi connectivity index (χ0) is 13.9. The van der Waals surface area contributed by atoms with Crippen molar-refractivity contribution >= 4 is 11.9 Å². The van der Waals surface area contributed by atoms with Gasteiger partial charge in [0.25, 0.3) is 0 Å². The molecule has 4 rings (SSSR count). The largest absolute Gasteiger partial charge is 0.481 e. The third kappa shape index (κ3) is 1.40. The number of rotatable bonds is 1. The molecule has 0 saturated carbocycles. The highest BCUT2D eigenvalue weighted by Gasteiger charge is 2.57. The van der Waals surface area contributed by atoms with Gasteiger partial charge in [0.2, 0.25) is 5.91 Å². The molecule has 1 aliphatic carbocycles. The van der Waals surface area contributed by atoms with Gasteiger partial charge in [0, 0.05) is 7.05 Å². The molecular weight excluding hydrogens is 242 g/mol. The Morgan fingerprint density at radius 2 is 2.11 bits per heavy atom. The van der Waals surface area contributed by atoms with Gasteiger partial charge >= 0.3 is 5.97 Å². The summed E-state index contributed by atoms with van der Waals surface area (Å²) in [5.41, 5.74) is 2.23. The molecule has 1 saturated heterocycles. The molecule has 0 radical (unpaired) electrons. The maximum atomic E-state index is 12.3. The molecular formula is C15H17NO3. The fraction of sp³-hybridized carbons (Fsp3) is 0.467. The predicted molar refractivity (Wildman–Crippen MR) is 69.8 cm³/mol. The van der Waals surface area contributed by atoms with Crippen molar-refractivity contribution in [2.45, 2.75) is 32.2 Å². The number of hydrogen-bond acceptors (Lipinski definition) is 2. The molecule has 3 atom stereocenters. The van der Waals surface area contributed by atoms with Gasteiger partial charge in [-0.2, -0.15) is 0 Å². The van der Waals surface area contributed by atoms with E-state index in [1.807, 2.05) is 25.1 Å². The van der Waals surface area contributed by atoms with Crippen molar-refractivity contribution in [3.8, 4) is 0 Å². The molecule has 1 aromatic rings. The van der Waals surface area contributed by atoms with Crippen LogP contribution in [0.4, 0.5) is 0 Å². The standard InChI is InChI=1S/C15H17NO3/c1-8-4-5-9-10(6-8)11-7-15(2,14(18)19)12(9)16(3)13(11)17/h4-6,11-12H,7H2,1-3H3,(H,18,19). The van der Waals surface area contributed by atoms with E-state index in [1.165, 1.54) is 0 Å². The van der Waals surface area contributed by atoms with Crippen LogP contribution in [0, 0.1) is 12.3 Å². The van der Waals surface area contributed by atoms with Crippen LogP contribution >= 0.6 is 0 Å². The van der Waals surface area contributed by atoms with E-state index < -0.39 is 11.4 Å². The fourth-order valence-corrected chi connectivity index (χ4v) is 3.67. The lowest BCUT2D eigenvalue weighted by Crippen LogP contribution is -2.56. The number of carboxylic acids is 1. The highest BCUT2D eigenvalue weighted by molar-refractivity contribution is 5.91. The van der Waals surface area contributed by atoms with Gasteiger partial charge in [-0.3, -0.25) is 9.59 Å². The van der Waals surface area contributed by atoms with E-state index in [0.29, 0.717) is 6.42 Å². The lowest BCUT2D eigenvalue weighted by molar-refractivity contribution is -0.164. The molecule has 3 unspecified atom stereocenters. The van der Waals surface area contributed by atoms with E-state index in [1.54, 1.807) is 18.9 Å². The van der Waals surface area contributed by atoms with Crippen molar-refractivity contribution in [3.05, 3.63) is 34.9 Å². The number of carbonyl (C=O) groups excluding carboxylic acids is 1. The fourth-order valence-electron chi connectivity index (χ4n) is 3.67. The quantitative estimate of drug-likeness (QED) is 0.840. The van der Waals surface area contributed by atoms with Gasteiger partial charge in [-0.15, -0.1) is 0 Å². The average molecular weight is 259 g/mol. The van der Waals surface area contributed by atoms with E-state index in [-0.39, 0.29) is 17.9 Å². The number of carbonyl (C=O) groups is 2. The molecule has 4 nitrogen and oxygen atoms in total. The van der Waals surface area contributed by atoms with Crippen molar-refractivity contribution in [1.82, 2.24) is 4.90 Å². The van der Waals surface area contributed by atoms with Crippen molar-refractivity contribution < 1.29 is 14.7 Å². The third-order valence-corrected chi connectivity index (χ3v) is 4.67. The van der Waals surface area contributed by atoms with Crippen LogP contribution in [-0.2, 0) is 9.59 Å². The average Bonchev–Trinajstić information content (AvgIpc) is 2.35. The topological polar surface area (TPSA) is 57.6 Å². The maximum Gasteiger partial charge on any atom is 0.311 e. The molecule has 1 aromatic carbocycles. The van der Waals surface area contributed by atoms with Gasteiger partial charge in [0.05, 0.1) is 17.4 Å². The summed E-state index contributed by atoms with van der Waals surface area (Å²) < 4.78 is 0. The van der Waals surface area contributed by atoms with E-state index in [4.69, 9.17) is 0 Å². The number of carboxylic acid groups (broad SMARTS) is 1. The van der Waals surface area contributed by atoms with Gasteiger partial charge in [0.15, 0.2) is 0 Å². The Balaban J connectivity index is 2.25. The molecule has 100 valence electrons. The zero-order valence-electron chi connectivity index (χ0n) is 11.3. The summed E-state index contributed by atoms with van der Waals surface area (Å²) in [6.07, 6.45) is 0.395. The second-order valence-electron chi connectivity index (χ2n) is 5.96. The Morgan fingerprint density at radius 3 is 2.74 bits per heavy atom. The Labute approximate surface area is 112 Å². The molecule has 2 bridgehead atoms. The monoisotopic (exact) mass is 259 g/mol. The van der Waals surface area contributed by atoms with E-state index in [0.717, 1.165) is 16.7 Å². The van der Waals surface area contributed by atoms with Gasteiger partial charge in [0.1, 0.15) is 0 Å². The molecule has 19 heavy (non-hydrogen) atoms. The van der Waals surface area contributed by atoms with Gasteiger partial charge in [-0.25, -0.2) is 0 Å². The number of benzene rings is 1. The summed E-state index contributed by atoms with van der Waals surface area (Å²) in [7, 11) is 1.71. The molecule has 0 aromatic heterocycles. The van der Waals surface area contributed by atoms with Gasteiger partial charge in [-0.1, -0.05) is 23.8 Å². The van der Waals surface area contributed by atoms with Crippen molar-refractivity contribution in [1.29, 1.82) is 0 Å². The van der Waals surface area contributed by atoms with E-state index in [9.17, 15) is 14.7 Å². The summed E-state index contributed by atoms with van der Waals surface area (Å²) in [5.74, 6) is -1.10.